The summed E-state index contributed by atoms with van der Waals surface area (Å²) in [5.41, 5.74) is 5.29. The quantitative estimate of drug-likeness (QED) is 0.799. The average Bonchev–Trinajstić information content (AvgIpc) is 2.68. The van der Waals surface area contributed by atoms with Gasteiger partial charge in [-0.15, -0.1) is 0 Å². The van der Waals surface area contributed by atoms with E-state index in [1.165, 1.54) is 12.1 Å². The van der Waals surface area contributed by atoms with Gasteiger partial charge in [0, 0.05) is 17.5 Å². The summed E-state index contributed by atoms with van der Waals surface area (Å²) in [6, 6.07) is 7.50. The fourth-order valence-corrected chi connectivity index (χ4v) is 2.21. The third kappa shape index (κ3) is 1.46. The van der Waals surface area contributed by atoms with E-state index < -0.39 is 23.3 Å². The number of rotatable bonds is 2. The topological polar surface area (TPSA) is 26.0 Å². The second kappa shape index (κ2) is 3.01. The van der Waals surface area contributed by atoms with Gasteiger partial charge in [-0.3, -0.25) is 0 Å². The number of nitrogens with two attached hydrogens (primary N) is 1. The first kappa shape index (κ1) is 10.6. The van der Waals surface area contributed by atoms with E-state index in [9.17, 15) is 8.78 Å². The summed E-state index contributed by atoms with van der Waals surface area (Å²) < 4.78 is 28.0. The van der Waals surface area contributed by atoms with Gasteiger partial charge in [-0.2, -0.15) is 0 Å². The van der Waals surface area contributed by atoms with E-state index in [-0.39, 0.29) is 5.56 Å². The van der Waals surface area contributed by atoms with Crippen LogP contribution in [0.1, 0.15) is 19.4 Å². The Morgan fingerprint density at radius 2 is 1.67 bits per heavy atom. The van der Waals surface area contributed by atoms with Gasteiger partial charge in [-0.05, 0) is 5.41 Å². The van der Waals surface area contributed by atoms with Crippen molar-refractivity contribution in [1.82, 2.24) is 0 Å². The van der Waals surface area contributed by atoms with Gasteiger partial charge in [0.25, 0.3) is 5.92 Å². The molecule has 0 unspecified atom stereocenters. The third-order valence-electron chi connectivity index (χ3n) is 3.46. The van der Waals surface area contributed by atoms with Crippen LogP contribution in [0.3, 0.4) is 0 Å². The number of alkyl halides is 2. The van der Waals surface area contributed by atoms with Gasteiger partial charge in [0.1, 0.15) is 0 Å². The molecule has 0 spiro atoms. The zero-order valence-electron chi connectivity index (χ0n) is 8.87. The molecule has 1 aromatic carbocycles. The second-order valence-electron chi connectivity index (χ2n) is 4.81. The van der Waals surface area contributed by atoms with Crippen LogP contribution in [-0.4, -0.2) is 6.04 Å². The molecular weight excluding hydrogens is 196 g/mol. The molecule has 2 rings (SSSR count). The molecule has 2 atom stereocenters. The van der Waals surface area contributed by atoms with Crippen LogP contribution in [0.25, 0.3) is 0 Å². The van der Waals surface area contributed by atoms with Gasteiger partial charge < -0.3 is 5.73 Å². The molecule has 1 aliphatic carbocycles. The van der Waals surface area contributed by atoms with Crippen molar-refractivity contribution in [2.75, 3.05) is 0 Å². The monoisotopic (exact) mass is 211 g/mol. The molecule has 0 saturated heterocycles. The van der Waals surface area contributed by atoms with Crippen molar-refractivity contribution in [3.63, 3.8) is 0 Å². The standard InChI is InChI=1S/C12H15F2N/c1-11(2)9(10(11)15)12(13,14)8-6-4-3-5-7-8/h3-7,9-10H,15H2,1-2H3/t9-,10-/m0/s1. The Morgan fingerprint density at radius 3 is 2.07 bits per heavy atom. The highest BCUT2D eigenvalue weighted by Gasteiger charge is 2.67. The Kier molecular flexibility index (Phi) is 2.12. The van der Waals surface area contributed by atoms with Gasteiger partial charge in [0.05, 0.1) is 0 Å². The zero-order valence-corrected chi connectivity index (χ0v) is 8.87. The molecule has 1 nitrogen and oxygen atoms in total. The normalized spacial score (nSPS) is 28.9. The van der Waals surface area contributed by atoms with Crippen LogP contribution in [0.15, 0.2) is 30.3 Å². The molecule has 2 N–H and O–H groups in total. The highest BCUT2D eigenvalue weighted by atomic mass is 19.3. The number of halogens is 2. The van der Waals surface area contributed by atoms with Crippen molar-refractivity contribution in [3.05, 3.63) is 35.9 Å². The molecule has 0 amide bonds. The molecule has 0 heterocycles. The molecule has 3 heteroatoms. The second-order valence-corrected chi connectivity index (χ2v) is 4.81. The lowest BCUT2D eigenvalue weighted by molar-refractivity contribution is -0.0405. The molecule has 0 aliphatic heterocycles. The van der Waals surface area contributed by atoms with Crippen molar-refractivity contribution >= 4 is 0 Å². The average molecular weight is 211 g/mol. The first-order valence-corrected chi connectivity index (χ1v) is 5.07. The van der Waals surface area contributed by atoms with Gasteiger partial charge in [-0.25, -0.2) is 8.78 Å². The Bertz CT molecular complexity index is 359. The molecule has 1 aromatic rings. The van der Waals surface area contributed by atoms with E-state index in [0.717, 1.165) is 0 Å². The maximum atomic E-state index is 14.0. The molecule has 1 fully saturated rings. The summed E-state index contributed by atoms with van der Waals surface area (Å²) in [5.74, 6) is -3.56. The SMILES string of the molecule is CC1(C)[C@@H](C(F)(F)c2ccccc2)[C@@H]1N. The van der Waals surface area contributed by atoms with Crippen molar-refractivity contribution in [1.29, 1.82) is 0 Å². The van der Waals surface area contributed by atoms with Crippen LogP contribution in [0.4, 0.5) is 8.78 Å². The van der Waals surface area contributed by atoms with Crippen molar-refractivity contribution in [2.45, 2.75) is 25.8 Å². The molecule has 0 radical (unpaired) electrons. The lowest BCUT2D eigenvalue weighted by Crippen LogP contribution is -2.21. The maximum Gasteiger partial charge on any atom is 0.278 e. The lowest BCUT2D eigenvalue weighted by Gasteiger charge is -2.18. The van der Waals surface area contributed by atoms with Gasteiger partial charge in [-0.1, -0.05) is 44.2 Å². The van der Waals surface area contributed by atoms with Gasteiger partial charge >= 0.3 is 0 Å². The Balaban J connectivity index is 2.30. The van der Waals surface area contributed by atoms with E-state index in [1.807, 2.05) is 0 Å². The highest BCUT2D eigenvalue weighted by molar-refractivity contribution is 5.27. The van der Waals surface area contributed by atoms with E-state index in [1.54, 1.807) is 32.0 Å². The molecule has 1 saturated carbocycles. The lowest BCUT2D eigenvalue weighted by atomic mass is 9.99. The first-order valence-electron chi connectivity index (χ1n) is 5.07. The van der Waals surface area contributed by atoms with Crippen LogP contribution in [0.2, 0.25) is 0 Å². The van der Waals surface area contributed by atoms with Gasteiger partial charge in [0.2, 0.25) is 0 Å². The highest BCUT2D eigenvalue weighted by Crippen LogP contribution is 2.61. The molecule has 0 aromatic heterocycles. The van der Waals surface area contributed by atoms with Crippen LogP contribution in [-0.2, 0) is 5.92 Å². The van der Waals surface area contributed by atoms with E-state index in [0.29, 0.717) is 0 Å². The fourth-order valence-electron chi connectivity index (χ4n) is 2.21. The molecule has 1 aliphatic rings. The predicted molar refractivity (Wildman–Crippen MR) is 55.6 cm³/mol. The number of hydrogen-bond acceptors (Lipinski definition) is 1. The van der Waals surface area contributed by atoms with E-state index in [4.69, 9.17) is 5.73 Å². The largest absolute Gasteiger partial charge is 0.327 e. The Hall–Kier alpha value is -0.960. The minimum Gasteiger partial charge on any atom is -0.327 e. The minimum absolute atomic E-state index is 0.0658. The summed E-state index contributed by atoms with van der Waals surface area (Å²) in [5, 5.41) is 0. The fraction of sp³-hybridized carbons (Fsp3) is 0.500. The minimum atomic E-state index is -2.82. The van der Waals surface area contributed by atoms with Crippen LogP contribution in [0, 0.1) is 11.3 Å². The van der Waals surface area contributed by atoms with Gasteiger partial charge in [0.15, 0.2) is 0 Å². The third-order valence-corrected chi connectivity index (χ3v) is 3.46. The van der Waals surface area contributed by atoms with Crippen molar-refractivity contribution in [2.24, 2.45) is 17.1 Å². The molecular formula is C12H15F2N. The Labute approximate surface area is 88.3 Å². The van der Waals surface area contributed by atoms with Crippen LogP contribution < -0.4 is 5.73 Å². The van der Waals surface area contributed by atoms with E-state index >= 15 is 0 Å². The smallest absolute Gasteiger partial charge is 0.278 e. The summed E-state index contributed by atoms with van der Waals surface area (Å²) in [6.45, 7) is 3.58. The number of benzene rings is 1. The summed E-state index contributed by atoms with van der Waals surface area (Å²) >= 11 is 0. The zero-order chi connectivity index (χ0) is 11.3. The maximum absolute atomic E-state index is 14.0. The van der Waals surface area contributed by atoms with Crippen LogP contribution >= 0.6 is 0 Å². The molecule has 82 valence electrons. The van der Waals surface area contributed by atoms with E-state index in [2.05, 4.69) is 0 Å². The Morgan fingerprint density at radius 1 is 1.20 bits per heavy atom. The van der Waals surface area contributed by atoms with Crippen molar-refractivity contribution < 1.29 is 8.78 Å². The first-order chi connectivity index (χ1) is 6.88. The molecule has 15 heavy (non-hydrogen) atoms. The summed E-state index contributed by atoms with van der Waals surface area (Å²) in [7, 11) is 0. The van der Waals surface area contributed by atoms with Crippen LogP contribution in [0.5, 0.6) is 0 Å². The van der Waals surface area contributed by atoms with Crippen molar-refractivity contribution in [3.8, 4) is 0 Å². The summed E-state index contributed by atoms with van der Waals surface area (Å²) in [6.07, 6.45) is 0. The number of hydrogen-bond donors (Lipinski definition) is 1. The predicted octanol–water partition coefficient (Wildman–Crippen LogP) is 2.76. The summed E-state index contributed by atoms with van der Waals surface area (Å²) in [4.78, 5) is 0. The molecule has 0 bridgehead atoms.